The Bertz CT molecular complexity index is 820. The fourth-order valence-electron chi connectivity index (χ4n) is 4.21. The summed E-state index contributed by atoms with van der Waals surface area (Å²) < 4.78 is 11.3. The largest absolute Gasteiger partial charge is 0.385 e. The van der Waals surface area contributed by atoms with Gasteiger partial charge in [-0.1, -0.05) is 61.8 Å². The maximum atomic E-state index is 12.1. The molecule has 4 nitrogen and oxygen atoms in total. The van der Waals surface area contributed by atoms with Gasteiger partial charge in [-0.15, -0.1) is 0 Å². The van der Waals surface area contributed by atoms with Crippen LogP contribution in [0, 0.1) is 0 Å². The Labute approximate surface area is 185 Å². The summed E-state index contributed by atoms with van der Waals surface area (Å²) in [4.78, 5) is 0. The molecule has 0 radical (unpaired) electrons. The minimum atomic E-state index is -1.14. The van der Waals surface area contributed by atoms with Gasteiger partial charge in [0.1, 0.15) is 11.7 Å². The average Bonchev–Trinajstić information content (AvgIpc) is 2.77. The lowest BCUT2D eigenvalue weighted by Gasteiger charge is -2.40. The maximum Gasteiger partial charge on any atom is 0.118 e. The summed E-state index contributed by atoms with van der Waals surface area (Å²) in [5, 5.41) is 16.1. The molecule has 2 aromatic rings. The fraction of sp³-hybridized carbons (Fsp3) is 0.520. The Morgan fingerprint density at radius 2 is 2.03 bits per heavy atom. The molecule has 1 aliphatic rings. The Balaban J connectivity index is 2.07. The highest BCUT2D eigenvalue weighted by atomic mass is 35.5. The third-order valence-corrected chi connectivity index (χ3v) is 6.25. The molecule has 5 heteroatoms. The molecule has 0 bridgehead atoms. The van der Waals surface area contributed by atoms with Crippen LogP contribution in [0.15, 0.2) is 42.5 Å². The quantitative estimate of drug-likeness (QED) is 0.541. The van der Waals surface area contributed by atoms with E-state index in [1.165, 1.54) is 5.56 Å². The van der Waals surface area contributed by atoms with Crippen LogP contribution in [0.5, 0.6) is 0 Å². The SMILES string of the molecule is COCCCCC(O)(c1cccc(Cl)c1-c1cccc(C(C)C)c1)[C@H]1CNCCO1. The molecule has 2 atom stereocenters. The molecule has 2 aromatic carbocycles. The molecule has 1 aliphatic heterocycles. The predicted molar refractivity (Wildman–Crippen MR) is 123 cm³/mol. The second-order valence-electron chi connectivity index (χ2n) is 8.38. The Hall–Kier alpha value is -1.43. The molecule has 3 rings (SSSR count). The number of rotatable bonds is 9. The number of halogens is 1. The van der Waals surface area contributed by atoms with E-state index < -0.39 is 5.60 Å². The van der Waals surface area contributed by atoms with E-state index in [1.807, 2.05) is 18.2 Å². The van der Waals surface area contributed by atoms with Crippen molar-refractivity contribution in [1.82, 2.24) is 5.32 Å². The topological polar surface area (TPSA) is 50.7 Å². The van der Waals surface area contributed by atoms with Crippen molar-refractivity contribution in [2.45, 2.75) is 50.7 Å². The summed E-state index contributed by atoms with van der Waals surface area (Å²) >= 11 is 6.74. The fourth-order valence-corrected chi connectivity index (χ4v) is 4.50. The summed E-state index contributed by atoms with van der Waals surface area (Å²) in [5.41, 5.74) is 2.86. The number of ether oxygens (including phenoxy) is 2. The molecule has 1 fully saturated rings. The van der Waals surface area contributed by atoms with Gasteiger partial charge in [0.05, 0.1) is 6.61 Å². The van der Waals surface area contributed by atoms with Gasteiger partial charge in [0.2, 0.25) is 0 Å². The van der Waals surface area contributed by atoms with Crippen LogP contribution in [0.25, 0.3) is 11.1 Å². The summed E-state index contributed by atoms with van der Waals surface area (Å²) in [5.74, 6) is 0.412. The molecule has 2 N–H and O–H groups in total. The molecule has 0 amide bonds. The first-order chi connectivity index (χ1) is 14.5. The van der Waals surface area contributed by atoms with Crippen LogP contribution >= 0.6 is 11.6 Å². The maximum absolute atomic E-state index is 12.1. The smallest absolute Gasteiger partial charge is 0.118 e. The van der Waals surface area contributed by atoms with Crippen molar-refractivity contribution in [1.29, 1.82) is 0 Å². The van der Waals surface area contributed by atoms with Crippen molar-refractivity contribution in [2.75, 3.05) is 33.4 Å². The molecular weight excluding hydrogens is 398 g/mol. The lowest BCUT2D eigenvalue weighted by atomic mass is 9.79. The lowest BCUT2D eigenvalue weighted by molar-refractivity contribution is -0.129. The normalized spacial score (nSPS) is 19.1. The first-order valence-electron chi connectivity index (χ1n) is 10.9. The molecule has 0 aliphatic carbocycles. The van der Waals surface area contributed by atoms with Gasteiger partial charge in [0, 0.05) is 37.4 Å². The molecule has 0 aromatic heterocycles. The zero-order valence-electron chi connectivity index (χ0n) is 18.3. The third-order valence-electron chi connectivity index (χ3n) is 5.94. The highest BCUT2D eigenvalue weighted by molar-refractivity contribution is 6.33. The summed E-state index contributed by atoms with van der Waals surface area (Å²) in [6.45, 7) is 7.04. The van der Waals surface area contributed by atoms with E-state index in [9.17, 15) is 5.11 Å². The van der Waals surface area contributed by atoms with Crippen molar-refractivity contribution < 1.29 is 14.6 Å². The Morgan fingerprint density at radius 1 is 1.23 bits per heavy atom. The van der Waals surface area contributed by atoms with E-state index in [0.717, 1.165) is 36.1 Å². The van der Waals surface area contributed by atoms with Gasteiger partial charge in [-0.05, 0) is 47.9 Å². The summed E-state index contributed by atoms with van der Waals surface area (Å²) in [6, 6.07) is 14.3. The number of aliphatic hydroxyl groups is 1. The van der Waals surface area contributed by atoms with Crippen molar-refractivity contribution in [3.05, 3.63) is 58.6 Å². The van der Waals surface area contributed by atoms with Crippen molar-refractivity contribution in [3.8, 4) is 11.1 Å². The van der Waals surface area contributed by atoms with E-state index in [0.29, 0.717) is 37.1 Å². The van der Waals surface area contributed by atoms with E-state index in [2.05, 4.69) is 43.4 Å². The van der Waals surface area contributed by atoms with Crippen LogP contribution in [-0.2, 0) is 15.1 Å². The van der Waals surface area contributed by atoms with Crippen molar-refractivity contribution >= 4 is 11.6 Å². The number of nitrogens with one attached hydrogen (secondary N) is 1. The molecule has 164 valence electrons. The molecule has 1 saturated heterocycles. The highest BCUT2D eigenvalue weighted by Gasteiger charge is 2.41. The zero-order chi connectivity index (χ0) is 21.6. The molecular formula is C25H34ClNO3. The van der Waals surface area contributed by atoms with Gasteiger partial charge in [-0.2, -0.15) is 0 Å². The van der Waals surface area contributed by atoms with Gasteiger partial charge in [-0.25, -0.2) is 0 Å². The number of benzene rings is 2. The predicted octanol–water partition coefficient (Wildman–Crippen LogP) is 5.12. The van der Waals surface area contributed by atoms with Gasteiger partial charge >= 0.3 is 0 Å². The zero-order valence-corrected chi connectivity index (χ0v) is 19.0. The second kappa shape index (κ2) is 10.7. The van der Waals surface area contributed by atoms with Crippen LogP contribution in [0.3, 0.4) is 0 Å². The standard InChI is InChI=1S/C25H34ClNO3/c1-18(2)19-8-6-9-20(16-19)24-21(10-7-11-22(24)26)25(28,12-4-5-14-29-3)23-17-27-13-15-30-23/h6-11,16,18,23,27-28H,4-5,12-15,17H2,1-3H3/t23-,25?/m1/s1. The average molecular weight is 432 g/mol. The molecule has 0 saturated carbocycles. The number of methoxy groups -OCH3 is 1. The van der Waals surface area contributed by atoms with Crippen LogP contribution in [-0.4, -0.2) is 44.6 Å². The first-order valence-corrected chi connectivity index (χ1v) is 11.3. The van der Waals surface area contributed by atoms with Crippen molar-refractivity contribution in [3.63, 3.8) is 0 Å². The monoisotopic (exact) mass is 431 g/mol. The van der Waals surface area contributed by atoms with E-state index in [-0.39, 0.29) is 6.10 Å². The van der Waals surface area contributed by atoms with Crippen LogP contribution in [0.1, 0.15) is 50.2 Å². The lowest BCUT2D eigenvalue weighted by Crippen LogP contribution is -2.51. The minimum Gasteiger partial charge on any atom is -0.385 e. The number of hydrogen-bond acceptors (Lipinski definition) is 4. The van der Waals surface area contributed by atoms with E-state index in [1.54, 1.807) is 7.11 Å². The van der Waals surface area contributed by atoms with Crippen LogP contribution < -0.4 is 5.32 Å². The molecule has 1 unspecified atom stereocenters. The molecule has 0 spiro atoms. The Morgan fingerprint density at radius 3 is 2.73 bits per heavy atom. The van der Waals surface area contributed by atoms with Crippen LogP contribution in [0.4, 0.5) is 0 Å². The van der Waals surface area contributed by atoms with Gasteiger partial charge in [0.15, 0.2) is 0 Å². The first kappa shape index (κ1) is 23.2. The van der Waals surface area contributed by atoms with E-state index >= 15 is 0 Å². The van der Waals surface area contributed by atoms with Gasteiger partial charge in [0.25, 0.3) is 0 Å². The summed E-state index contributed by atoms with van der Waals surface area (Å²) in [7, 11) is 1.71. The summed E-state index contributed by atoms with van der Waals surface area (Å²) in [6.07, 6.45) is 1.97. The molecule has 1 heterocycles. The molecule has 30 heavy (non-hydrogen) atoms. The second-order valence-corrected chi connectivity index (χ2v) is 8.79. The minimum absolute atomic E-state index is 0.334. The van der Waals surface area contributed by atoms with E-state index in [4.69, 9.17) is 21.1 Å². The van der Waals surface area contributed by atoms with Crippen molar-refractivity contribution in [2.24, 2.45) is 0 Å². The highest BCUT2D eigenvalue weighted by Crippen LogP contribution is 2.42. The number of unbranched alkanes of at least 4 members (excludes halogenated alkanes) is 1. The Kier molecular flexibility index (Phi) is 8.32. The number of morpholine rings is 1. The van der Waals surface area contributed by atoms with Gasteiger partial charge < -0.3 is 19.9 Å². The van der Waals surface area contributed by atoms with Gasteiger partial charge in [-0.3, -0.25) is 0 Å². The number of hydrogen-bond donors (Lipinski definition) is 2. The van der Waals surface area contributed by atoms with Crippen LogP contribution in [0.2, 0.25) is 5.02 Å². The third kappa shape index (κ3) is 5.24.